The highest BCUT2D eigenvalue weighted by Gasteiger charge is 2.26. The first-order valence-corrected chi connectivity index (χ1v) is 8.47. The number of hydrogen-bond donors (Lipinski definition) is 0. The van der Waals surface area contributed by atoms with E-state index in [0.717, 1.165) is 6.54 Å². The molecule has 1 saturated heterocycles. The molecule has 1 atom stereocenters. The number of hydrogen-bond acceptors (Lipinski definition) is 2. The van der Waals surface area contributed by atoms with E-state index in [0.29, 0.717) is 6.10 Å². The van der Waals surface area contributed by atoms with Crippen LogP contribution in [0.2, 0.25) is 19.6 Å². The Balaban J connectivity index is 2.28. The smallest absolute Gasteiger partial charge is 0.0710 e. The van der Waals surface area contributed by atoms with Crippen LogP contribution in [0.3, 0.4) is 0 Å². The molecule has 0 unspecified atom stereocenters. The maximum atomic E-state index is 5.33. The fourth-order valence-electron chi connectivity index (χ4n) is 1.80. The van der Waals surface area contributed by atoms with Gasteiger partial charge in [0.2, 0.25) is 0 Å². The lowest BCUT2D eigenvalue weighted by Gasteiger charge is -2.24. The van der Waals surface area contributed by atoms with Crippen LogP contribution in [-0.2, 0) is 4.74 Å². The number of rotatable bonds is 3. The second-order valence-corrected chi connectivity index (χ2v) is 10.4. The Hall–Kier alpha value is 0.137. The molecule has 0 aromatic carbocycles. The van der Waals surface area contributed by atoms with Gasteiger partial charge < -0.3 is 9.64 Å². The molecular weight excluding hydrogens is 166 g/mol. The molecule has 0 N–H and O–H groups in total. The van der Waals surface area contributed by atoms with E-state index in [-0.39, 0.29) is 0 Å². The second kappa shape index (κ2) is 3.90. The zero-order valence-electron chi connectivity index (χ0n) is 8.76. The minimum atomic E-state index is -0.894. The van der Waals surface area contributed by atoms with Crippen LogP contribution >= 0.6 is 0 Å². The first-order chi connectivity index (χ1) is 5.51. The van der Waals surface area contributed by atoms with Crippen LogP contribution in [0, 0.1) is 0 Å². The first kappa shape index (κ1) is 10.2. The predicted molar refractivity (Wildman–Crippen MR) is 55.2 cm³/mol. The molecule has 1 fully saturated rings. The summed E-state index contributed by atoms with van der Waals surface area (Å²) < 4.78 is 5.33. The minimum Gasteiger partial charge on any atom is -0.380 e. The van der Waals surface area contributed by atoms with Crippen molar-refractivity contribution in [3.8, 4) is 0 Å². The summed E-state index contributed by atoms with van der Waals surface area (Å²) in [4.78, 5) is 2.56. The molecule has 0 aromatic heterocycles. The molecule has 12 heavy (non-hydrogen) atoms. The normalized spacial score (nSPS) is 26.5. The Morgan fingerprint density at radius 3 is 2.50 bits per heavy atom. The van der Waals surface area contributed by atoms with Crippen LogP contribution in [0.15, 0.2) is 0 Å². The summed E-state index contributed by atoms with van der Waals surface area (Å²) in [6.07, 6.45) is 3.05. The molecule has 1 aliphatic rings. The Labute approximate surface area is 76.9 Å². The lowest BCUT2D eigenvalue weighted by atomic mass is 10.3. The van der Waals surface area contributed by atoms with Gasteiger partial charge in [0.25, 0.3) is 0 Å². The van der Waals surface area contributed by atoms with Crippen LogP contribution in [0.4, 0.5) is 0 Å². The lowest BCUT2D eigenvalue weighted by molar-refractivity contribution is 0.110. The van der Waals surface area contributed by atoms with E-state index in [4.69, 9.17) is 4.74 Å². The molecule has 0 saturated carbocycles. The molecule has 1 aliphatic heterocycles. The fraction of sp³-hybridized carbons (Fsp3) is 1.00. The summed E-state index contributed by atoms with van der Waals surface area (Å²) in [5, 5.41) is 0. The Bertz CT molecular complexity index is 144. The van der Waals surface area contributed by atoms with Crippen molar-refractivity contribution in [3.05, 3.63) is 0 Å². The summed E-state index contributed by atoms with van der Waals surface area (Å²) in [6, 6.07) is 0. The average molecular weight is 187 g/mol. The van der Waals surface area contributed by atoms with Gasteiger partial charge >= 0.3 is 0 Å². The molecular formula is C9H21NOSi. The predicted octanol–water partition coefficient (Wildman–Crippen LogP) is 1.58. The molecule has 1 rings (SSSR count). The van der Waals surface area contributed by atoms with Crippen molar-refractivity contribution in [2.45, 2.75) is 32.2 Å². The van der Waals surface area contributed by atoms with E-state index < -0.39 is 8.07 Å². The van der Waals surface area contributed by atoms with Crippen LogP contribution in [-0.4, -0.2) is 45.4 Å². The van der Waals surface area contributed by atoms with Crippen LogP contribution in [0.25, 0.3) is 0 Å². The molecule has 0 bridgehead atoms. The quantitative estimate of drug-likeness (QED) is 0.622. The van der Waals surface area contributed by atoms with E-state index in [1.165, 1.54) is 19.1 Å². The Kier molecular flexibility index (Phi) is 3.32. The van der Waals surface area contributed by atoms with E-state index in [2.05, 4.69) is 24.5 Å². The van der Waals surface area contributed by atoms with Crippen molar-refractivity contribution in [1.29, 1.82) is 0 Å². The van der Waals surface area contributed by atoms with Gasteiger partial charge in [-0.25, -0.2) is 0 Å². The van der Waals surface area contributed by atoms with Gasteiger partial charge in [-0.15, -0.1) is 0 Å². The third kappa shape index (κ3) is 3.25. The molecule has 2 nitrogen and oxygen atoms in total. The lowest BCUT2D eigenvalue weighted by Crippen LogP contribution is -2.39. The third-order valence-corrected chi connectivity index (χ3v) is 3.66. The highest BCUT2D eigenvalue weighted by Crippen LogP contribution is 2.14. The summed E-state index contributed by atoms with van der Waals surface area (Å²) in [6.45, 7) is 9.66. The molecule has 0 amide bonds. The summed E-state index contributed by atoms with van der Waals surface area (Å²) in [5.74, 6) is 0. The molecule has 1 heterocycles. The fourth-order valence-corrected chi connectivity index (χ4v) is 3.43. The van der Waals surface area contributed by atoms with Crippen LogP contribution in [0.5, 0.6) is 0 Å². The third-order valence-electron chi connectivity index (χ3n) is 2.26. The molecule has 0 aliphatic carbocycles. The Morgan fingerprint density at radius 2 is 2.08 bits per heavy atom. The maximum absolute atomic E-state index is 5.33. The standard InChI is InChI=1S/C9H21NOSi/c1-11-9-5-6-10(7-9)8-12(2,3)4/h9H,5-8H2,1-4H3/t9-/m1/s1. The van der Waals surface area contributed by atoms with Gasteiger partial charge in [-0.05, 0) is 12.6 Å². The number of methoxy groups -OCH3 is 1. The summed E-state index contributed by atoms with van der Waals surface area (Å²) >= 11 is 0. The van der Waals surface area contributed by atoms with E-state index in [1.54, 1.807) is 0 Å². The van der Waals surface area contributed by atoms with Crippen molar-refractivity contribution in [2.75, 3.05) is 26.4 Å². The molecule has 0 spiro atoms. The topological polar surface area (TPSA) is 12.5 Å². The van der Waals surface area contributed by atoms with Crippen molar-refractivity contribution in [1.82, 2.24) is 4.90 Å². The number of likely N-dealkylation sites (tertiary alicyclic amines) is 1. The highest BCUT2D eigenvalue weighted by atomic mass is 28.3. The highest BCUT2D eigenvalue weighted by molar-refractivity contribution is 6.76. The molecule has 72 valence electrons. The maximum Gasteiger partial charge on any atom is 0.0710 e. The zero-order chi connectivity index (χ0) is 9.19. The first-order valence-electron chi connectivity index (χ1n) is 4.76. The summed E-state index contributed by atoms with van der Waals surface area (Å²) in [5.41, 5.74) is 0. The minimum absolute atomic E-state index is 0.501. The van der Waals surface area contributed by atoms with Gasteiger partial charge in [0, 0.05) is 20.2 Å². The van der Waals surface area contributed by atoms with Crippen LogP contribution in [0.1, 0.15) is 6.42 Å². The SMILES string of the molecule is CO[C@@H]1CCN(C[Si](C)(C)C)C1. The van der Waals surface area contributed by atoms with Crippen molar-refractivity contribution < 1.29 is 4.74 Å². The van der Waals surface area contributed by atoms with Crippen molar-refractivity contribution >= 4 is 8.07 Å². The van der Waals surface area contributed by atoms with E-state index in [9.17, 15) is 0 Å². The molecule has 0 radical (unpaired) electrons. The van der Waals surface area contributed by atoms with Gasteiger partial charge in [0.05, 0.1) is 14.2 Å². The molecule has 3 heteroatoms. The van der Waals surface area contributed by atoms with Crippen molar-refractivity contribution in [3.63, 3.8) is 0 Å². The van der Waals surface area contributed by atoms with Gasteiger partial charge in [-0.3, -0.25) is 0 Å². The molecule has 0 aromatic rings. The van der Waals surface area contributed by atoms with Gasteiger partial charge in [-0.1, -0.05) is 19.6 Å². The average Bonchev–Trinajstić information content (AvgIpc) is 2.32. The monoisotopic (exact) mass is 187 g/mol. The van der Waals surface area contributed by atoms with E-state index >= 15 is 0 Å². The number of ether oxygens (including phenoxy) is 1. The van der Waals surface area contributed by atoms with Gasteiger partial charge in [0.15, 0.2) is 0 Å². The Morgan fingerprint density at radius 1 is 1.42 bits per heavy atom. The van der Waals surface area contributed by atoms with Gasteiger partial charge in [-0.2, -0.15) is 0 Å². The van der Waals surface area contributed by atoms with Crippen molar-refractivity contribution in [2.24, 2.45) is 0 Å². The second-order valence-electron chi connectivity index (χ2n) is 4.94. The largest absolute Gasteiger partial charge is 0.380 e. The summed E-state index contributed by atoms with van der Waals surface area (Å²) in [7, 11) is 0.928. The van der Waals surface area contributed by atoms with E-state index in [1.807, 2.05) is 7.11 Å². The number of nitrogens with zero attached hydrogens (tertiary/aromatic N) is 1. The van der Waals surface area contributed by atoms with Gasteiger partial charge in [0.1, 0.15) is 0 Å². The zero-order valence-corrected chi connectivity index (χ0v) is 9.76. The van der Waals surface area contributed by atoms with Crippen LogP contribution < -0.4 is 0 Å².